The summed E-state index contributed by atoms with van der Waals surface area (Å²) in [6, 6.07) is -0.477. The average Bonchev–Trinajstić information content (AvgIpc) is 2.42. The first-order chi connectivity index (χ1) is 9.09. The second kappa shape index (κ2) is 8.84. The number of nitrogens with one attached hydrogen (secondary N) is 3. The van der Waals surface area contributed by atoms with Crippen LogP contribution in [0.2, 0.25) is 0 Å². The minimum atomic E-state index is -0.998. The predicted molar refractivity (Wildman–Crippen MR) is 71.7 cm³/mol. The van der Waals surface area contributed by atoms with Crippen LogP contribution in [-0.4, -0.2) is 55.2 Å². The number of carboxylic acids is 1. The van der Waals surface area contributed by atoms with Crippen LogP contribution in [0, 0.1) is 0 Å². The van der Waals surface area contributed by atoms with Crippen molar-refractivity contribution in [2.24, 2.45) is 5.73 Å². The molecule has 7 heteroatoms. The molecule has 0 saturated carbocycles. The van der Waals surface area contributed by atoms with Crippen molar-refractivity contribution in [3.05, 3.63) is 0 Å². The van der Waals surface area contributed by atoms with Gasteiger partial charge < -0.3 is 26.8 Å². The summed E-state index contributed by atoms with van der Waals surface area (Å²) in [4.78, 5) is 22.0. The van der Waals surface area contributed by atoms with E-state index < -0.39 is 12.0 Å². The topological polar surface area (TPSA) is 116 Å². The fourth-order valence-corrected chi connectivity index (χ4v) is 1.98. The molecular formula is C12H24N4O3. The Morgan fingerprint density at radius 1 is 1.42 bits per heavy atom. The van der Waals surface area contributed by atoms with E-state index in [4.69, 9.17) is 10.8 Å². The molecule has 0 aromatic rings. The lowest BCUT2D eigenvalue weighted by atomic mass is 10.1. The zero-order valence-electron chi connectivity index (χ0n) is 11.2. The standard InChI is InChI=1S/C12H24N4O3/c13-10(12(18)19)2-1-5-16-11(17)4-3-9-8-14-6-7-15-9/h9-10,14-15H,1-8,13H2,(H,16,17)(H,18,19)/t9-,10?/m0/s1. The van der Waals surface area contributed by atoms with Gasteiger partial charge in [0.1, 0.15) is 6.04 Å². The van der Waals surface area contributed by atoms with Gasteiger partial charge in [0, 0.05) is 38.6 Å². The molecule has 1 heterocycles. The third-order valence-corrected chi connectivity index (χ3v) is 3.18. The Kier molecular flexibility index (Phi) is 7.39. The molecule has 1 saturated heterocycles. The molecule has 0 radical (unpaired) electrons. The Labute approximate surface area is 113 Å². The molecule has 1 fully saturated rings. The fourth-order valence-electron chi connectivity index (χ4n) is 1.98. The van der Waals surface area contributed by atoms with Gasteiger partial charge in [0.25, 0.3) is 0 Å². The normalized spacial score (nSPS) is 20.8. The van der Waals surface area contributed by atoms with E-state index in [0.717, 1.165) is 26.1 Å². The second-order valence-corrected chi connectivity index (χ2v) is 4.83. The van der Waals surface area contributed by atoms with E-state index in [1.807, 2.05) is 0 Å². The molecule has 1 unspecified atom stereocenters. The number of rotatable bonds is 8. The van der Waals surface area contributed by atoms with Crippen LogP contribution in [0.25, 0.3) is 0 Å². The molecule has 0 aromatic carbocycles. The molecule has 1 aliphatic heterocycles. The fraction of sp³-hybridized carbons (Fsp3) is 0.833. The summed E-state index contributed by atoms with van der Waals surface area (Å²) in [7, 11) is 0. The van der Waals surface area contributed by atoms with Crippen LogP contribution in [-0.2, 0) is 9.59 Å². The first kappa shape index (κ1) is 15.9. The zero-order valence-corrected chi connectivity index (χ0v) is 11.2. The van der Waals surface area contributed by atoms with Crippen LogP contribution in [0.1, 0.15) is 25.7 Å². The van der Waals surface area contributed by atoms with Gasteiger partial charge in [0.05, 0.1) is 0 Å². The van der Waals surface area contributed by atoms with Crippen molar-refractivity contribution in [3.63, 3.8) is 0 Å². The lowest BCUT2D eigenvalue weighted by Gasteiger charge is -2.24. The van der Waals surface area contributed by atoms with Crippen LogP contribution in [0.4, 0.5) is 0 Å². The summed E-state index contributed by atoms with van der Waals surface area (Å²) in [5.41, 5.74) is 5.36. The molecule has 1 amide bonds. The smallest absolute Gasteiger partial charge is 0.320 e. The Bertz CT molecular complexity index is 293. The Morgan fingerprint density at radius 3 is 2.84 bits per heavy atom. The van der Waals surface area contributed by atoms with Crippen molar-refractivity contribution in [2.45, 2.75) is 37.8 Å². The SMILES string of the molecule is NC(CCCNC(=O)CC[C@H]1CNCCN1)C(=O)O. The molecule has 1 rings (SSSR count). The summed E-state index contributed by atoms with van der Waals surface area (Å²) in [5, 5.41) is 18.0. The molecule has 19 heavy (non-hydrogen) atoms. The maximum absolute atomic E-state index is 11.6. The maximum Gasteiger partial charge on any atom is 0.320 e. The van der Waals surface area contributed by atoms with Gasteiger partial charge in [0.2, 0.25) is 5.91 Å². The molecule has 2 atom stereocenters. The van der Waals surface area contributed by atoms with E-state index in [1.54, 1.807) is 0 Å². The highest BCUT2D eigenvalue weighted by molar-refractivity contribution is 5.76. The summed E-state index contributed by atoms with van der Waals surface area (Å²) in [5.74, 6) is -0.988. The van der Waals surface area contributed by atoms with Crippen molar-refractivity contribution in [1.82, 2.24) is 16.0 Å². The third-order valence-electron chi connectivity index (χ3n) is 3.18. The summed E-state index contributed by atoms with van der Waals surface area (Å²) < 4.78 is 0. The van der Waals surface area contributed by atoms with Gasteiger partial charge >= 0.3 is 5.97 Å². The molecule has 0 bridgehead atoms. The van der Waals surface area contributed by atoms with Crippen molar-refractivity contribution >= 4 is 11.9 Å². The molecule has 1 aliphatic rings. The summed E-state index contributed by atoms with van der Waals surface area (Å²) >= 11 is 0. The van der Waals surface area contributed by atoms with Crippen molar-refractivity contribution in [3.8, 4) is 0 Å². The highest BCUT2D eigenvalue weighted by Gasteiger charge is 2.14. The summed E-state index contributed by atoms with van der Waals surface area (Å²) in [6.07, 6.45) is 2.27. The van der Waals surface area contributed by atoms with Gasteiger partial charge in [-0.3, -0.25) is 9.59 Å². The van der Waals surface area contributed by atoms with E-state index in [-0.39, 0.29) is 5.91 Å². The first-order valence-electron chi connectivity index (χ1n) is 6.79. The van der Waals surface area contributed by atoms with Gasteiger partial charge in [-0.1, -0.05) is 0 Å². The minimum absolute atomic E-state index is 0.0104. The lowest BCUT2D eigenvalue weighted by Crippen LogP contribution is -2.48. The minimum Gasteiger partial charge on any atom is -0.480 e. The molecule has 7 nitrogen and oxygen atoms in total. The average molecular weight is 272 g/mol. The number of hydrogen-bond donors (Lipinski definition) is 5. The predicted octanol–water partition coefficient (Wildman–Crippen LogP) is -1.36. The van der Waals surface area contributed by atoms with Crippen LogP contribution in [0.3, 0.4) is 0 Å². The Hall–Kier alpha value is -1.18. The van der Waals surface area contributed by atoms with Crippen molar-refractivity contribution in [1.29, 1.82) is 0 Å². The van der Waals surface area contributed by atoms with E-state index >= 15 is 0 Å². The van der Waals surface area contributed by atoms with Crippen LogP contribution < -0.4 is 21.7 Å². The van der Waals surface area contributed by atoms with Gasteiger partial charge in [-0.2, -0.15) is 0 Å². The number of carbonyl (C=O) groups is 2. The molecule has 110 valence electrons. The number of piperazine rings is 1. The maximum atomic E-state index is 11.6. The molecule has 0 aliphatic carbocycles. The van der Waals surface area contributed by atoms with Crippen molar-refractivity contribution in [2.75, 3.05) is 26.2 Å². The van der Waals surface area contributed by atoms with Gasteiger partial charge in [0.15, 0.2) is 0 Å². The van der Waals surface area contributed by atoms with Gasteiger partial charge in [-0.25, -0.2) is 0 Å². The largest absolute Gasteiger partial charge is 0.480 e. The van der Waals surface area contributed by atoms with E-state index in [1.165, 1.54) is 0 Å². The van der Waals surface area contributed by atoms with Gasteiger partial charge in [-0.05, 0) is 19.3 Å². The third kappa shape index (κ3) is 7.09. The number of amides is 1. The number of hydrogen-bond acceptors (Lipinski definition) is 5. The second-order valence-electron chi connectivity index (χ2n) is 4.83. The highest BCUT2D eigenvalue weighted by Crippen LogP contribution is 1.99. The van der Waals surface area contributed by atoms with Gasteiger partial charge in [-0.15, -0.1) is 0 Å². The number of carbonyl (C=O) groups excluding carboxylic acids is 1. The van der Waals surface area contributed by atoms with E-state index in [2.05, 4.69) is 16.0 Å². The van der Waals surface area contributed by atoms with Crippen LogP contribution in [0.5, 0.6) is 0 Å². The Balaban J connectivity index is 2.00. The molecule has 6 N–H and O–H groups in total. The van der Waals surface area contributed by atoms with Crippen LogP contribution >= 0.6 is 0 Å². The first-order valence-corrected chi connectivity index (χ1v) is 6.79. The molecule has 0 aromatic heterocycles. The number of carboxylic acid groups (broad SMARTS) is 1. The number of aliphatic carboxylic acids is 1. The monoisotopic (exact) mass is 272 g/mol. The highest BCUT2D eigenvalue weighted by atomic mass is 16.4. The van der Waals surface area contributed by atoms with Crippen LogP contribution in [0.15, 0.2) is 0 Å². The molecular weight excluding hydrogens is 248 g/mol. The number of nitrogens with two attached hydrogens (primary N) is 1. The van der Waals surface area contributed by atoms with Crippen molar-refractivity contribution < 1.29 is 14.7 Å². The molecule has 0 spiro atoms. The lowest BCUT2D eigenvalue weighted by molar-refractivity contribution is -0.138. The summed E-state index contributed by atoms with van der Waals surface area (Å²) in [6.45, 7) is 3.31. The quantitative estimate of drug-likeness (QED) is 0.348. The van der Waals surface area contributed by atoms with E-state index in [9.17, 15) is 9.59 Å². The van der Waals surface area contributed by atoms with E-state index in [0.29, 0.717) is 31.8 Å². The zero-order chi connectivity index (χ0) is 14.1. The Morgan fingerprint density at radius 2 is 2.21 bits per heavy atom.